The molecule has 0 aliphatic rings. The Morgan fingerprint density at radius 3 is 2.19 bits per heavy atom. The molecule has 0 radical (unpaired) electrons. The molecular weight excluding hydrogens is 268 g/mol. The fraction of sp³-hybridized carbons (Fsp3) is 0.0625. The molecule has 2 aromatic rings. The van der Waals surface area contributed by atoms with Crippen LogP contribution < -0.4 is 4.90 Å². The predicted octanol–water partition coefficient (Wildman–Crippen LogP) is 2.29. The molecule has 0 saturated carbocycles. The molecule has 0 aromatic heterocycles. The number of para-hydroxylation sites is 1. The van der Waals surface area contributed by atoms with Gasteiger partial charge >= 0.3 is 5.97 Å². The monoisotopic (exact) mass is 280 g/mol. The summed E-state index contributed by atoms with van der Waals surface area (Å²) in [5, 5.41) is 17.7. The molecular formula is C16H12N2O3. The highest BCUT2D eigenvalue weighted by Gasteiger charge is 2.20. The minimum absolute atomic E-state index is 0.333. The zero-order chi connectivity index (χ0) is 15.2. The van der Waals surface area contributed by atoms with Gasteiger partial charge in [-0.3, -0.25) is 14.5 Å². The van der Waals surface area contributed by atoms with Crippen molar-refractivity contribution in [2.75, 3.05) is 11.4 Å². The summed E-state index contributed by atoms with van der Waals surface area (Å²) in [7, 11) is 0. The zero-order valence-electron chi connectivity index (χ0n) is 11.1. The van der Waals surface area contributed by atoms with E-state index in [0.29, 0.717) is 16.8 Å². The SMILES string of the molecule is N#Cc1ccc(C(=O)N(CC(=O)O)c2ccccc2)cc1. The van der Waals surface area contributed by atoms with Crippen LogP contribution >= 0.6 is 0 Å². The quantitative estimate of drug-likeness (QED) is 0.931. The van der Waals surface area contributed by atoms with Crippen LogP contribution in [0.25, 0.3) is 0 Å². The molecule has 5 heteroatoms. The third kappa shape index (κ3) is 3.45. The largest absolute Gasteiger partial charge is 0.480 e. The number of benzene rings is 2. The van der Waals surface area contributed by atoms with Gasteiger partial charge in [0.1, 0.15) is 6.54 Å². The molecule has 2 rings (SSSR count). The van der Waals surface area contributed by atoms with Crippen molar-refractivity contribution in [3.8, 4) is 6.07 Å². The van der Waals surface area contributed by atoms with Crippen molar-refractivity contribution in [2.45, 2.75) is 0 Å². The van der Waals surface area contributed by atoms with Crippen molar-refractivity contribution in [1.29, 1.82) is 5.26 Å². The number of carbonyl (C=O) groups excluding carboxylic acids is 1. The zero-order valence-corrected chi connectivity index (χ0v) is 11.1. The lowest BCUT2D eigenvalue weighted by Gasteiger charge is -2.20. The van der Waals surface area contributed by atoms with Gasteiger partial charge in [-0.2, -0.15) is 5.26 Å². The lowest BCUT2D eigenvalue weighted by atomic mass is 10.1. The minimum atomic E-state index is -1.10. The highest BCUT2D eigenvalue weighted by molar-refractivity contribution is 6.08. The number of carbonyl (C=O) groups is 2. The highest BCUT2D eigenvalue weighted by atomic mass is 16.4. The maximum absolute atomic E-state index is 12.5. The highest BCUT2D eigenvalue weighted by Crippen LogP contribution is 2.17. The Hall–Kier alpha value is -3.13. The summed E-state index contributed by atoms with van der Waals surface area (Å²) in [6, 6.07) is 16.6. The fourth-order valence-corrected chi connectivity index (χ4v) is 1.87. The first kappa shape index (κ1) is 14.3. The van der Waals surface area contributed by atoms with Gasteiger partial charge in [-0.25, -0.2) is 0 Å². The van der Waals surface area contributed by atoms with Gasteiger partial charge < -0.3 is 5.11 Å². The molecule has 0 unspecified atom stereocenters. The average molecular weight is 280 g/mol. The predicted molar refractivity (Wildman–Crippen MR) is 76.9 cm³/mol. The summed E-state index contributed by atoms with van der Waals surface area (Å²) in [6.07, 6.45) is 0. The number of nitriles is 1. The lowest BCUT2D eigenvalue weighted by molar-refractivity contribution is -0.135. The first-order valence-electron chi connectivity index (χ1n) is 6.20. The van der Waals surface area contributed by atoms with Crippen LogP contribution in [0.4, 0.5) is 5.69 Å². The molecule has 21 heavy (non-hydrogen) atoms. The number of hydrogen-bond donors (Lipinski definition) is 1. The Kier molecular flexibility index (Phi) is 4.32. The topological polar surface area (TPSA) is 81.4 Å². The van der Waals surface area contributed by atoms with E-state index in [1.54, 1.807) is 30.3 Å². The van der Waals surface area contributed by atoms with E-state index in [1.165, 1.54) is 29.2 Å². The van der Waals surface area contributed by atoms with Crippen molar-refractivity contribution >= 4 is 17.6 Å². The third-order valence-corrected chi connectivity index (χ3v) is 2.87. The number of nitrogens with zero attached hydrogens (tertiary/aromatic N) is 2. The van der Waals surface area contributed by atoms with Crippen LogP contribution in [-0.2, 0) is 4.79 Å². The lowest BCUT2D eigenvalue weighted by Crippen LogP contribution is -2.35. The summed E-state index contributed by atoms with van der Waals surface area (Å²) < 4.78 is 0. The molecule has 0 bridgehead atoms. The van der Waals surface area contributed by atoms with E-state index < -0.39 is 18.4 Å². The number of amides is 1. The van der Waals surface area contributed by atoms with Crippen LogP contribution in [0.1, 0.15) is 15.9 Å². The third-order valence-electron chi connectivity index (χ3n) is 2.87. The van der Waals surface area contributed by atoms with Crippen molar-refractivity contribution in [1.82, 2.24) is 0 Å². The Bertz CT molecular complexity index is 688. The summed E-state index contributed by atoms with van der Waals surface area (Å²) in [5.41, 5.74) is 1.28. The molecule has 0 saturated heterocycles. The second-order valence-electron chi connectivity index (χ2n) is 4.31. The van der Waals surface area contributed by atoms with Gasteiger partial charge in [0, 0.05) is 11.3 Å². The Morgan fingerprint density at radius 2 is 1.67 bits per heavy atom. The van der Waals surface area contributed by atoms with Gasteiger partial charge in [-0.1, -0.05) is 18.2 Å². The van der Waals surface area contributed by atoms with Crippen LogP contribution in [-0.4, -0.2) is 23.5 Å². The average Bonchev–Trinajstić information content (AvgIpc) is 2.53. The van der Waals surface area contributed by atoms with E-state index in [1.807, 2.05) is 6.07 Å². The molecule has 104 valence electrons. The van der Waals surface area contributed by atoms with Crippen LogP contribution in [0.2, 0.25) is 0 Å². The number of carboxylic acid groups (broad SMARTS) is 1. The number of aliphatic carboxylic acids is 1. The maximum atomic E-state index is 12.5. The molecule has 0 spiro atoms. The van der Waals surface area contributed by atoms with E-state index in [0.717, 1.165) is 0 Å². The standard InChI is InChI=1S/C16H12N2O3/c17-10-12-6-8-13(9-7-12)16(21)18(11-15(19)20)14-4-2-1-3-5-14/h1-9H,11H2,(H,19,20). The van der Waals surface area contributed by atoms with Crippen molar-refractivity contribution in [3.63, 3.8) is 0 Å². The smallest absolute Gasteiger partial charge is 0.323 e. The summed E-state index contributed by atoms with van der Waals surface area (Å²) >= 11 is 0. The van der Waals surface area contributed by atoms with Gasteiger partial charge in [0.25, 0.3) is 5.91 Å². The first-order chi connectivity index (χ1) is 10.1. The van der Waals surface area contributed by atoms with Crippen LogP contribution in [0.15, 0.2) is 54.6 Å². The van der Waals surface area contributed by atoms with Gasteiger partial charge in [0.2, 0.25) is 0 Å². The van der Waals surface area contributed by atoms with Gasteiger partial charge in [0.15, 0.2) is 0 Å². The Labute approximate surface area is 121 Å². The molecule has 1 amide bonds. The van der Waals surface area contributed by atoms with E-state index >= 15 is 0 Å². The molecule has 1 N–H and O–H groups in total. The summed E-state index contributed by atoms with van der Waals surface area (Å²) in [6.45, 7) is -0.428. The first-order valence-corrected chi connectivity index (χ1v) is 6.20. The summed E-state index contributed by atoms with van der Waals surface area (Å²) in [5.74, 6) is -1.52. The van der Waals surface area contributed by atoms with Gasteiger partial charge in [-0.05, 0) is 36.4 Å². The molecule has 5 nitrogen and oxygen atoms in total. The van der Waals surface area contributed by atoms with Crippen molar-refractivity contribution < 1.29 is 14.7 Å². The van der Waals surface area contributed by atoms with E-state index in [2.05, 4.69) is 0 Å². The van der Waals surface area contributed by atoms with Gasteiger partial charge in [-0.15, -0.1) is 0 Å². The second kappa shape index (κ2) is 6.35. The Balaban J connectivity index is 2.34. The number of anilines is 1. The van der Waals surface area contributed by atoms with Crippen LogP contribution in [0, 0.1) is 11.3 Å². The van der Waals surface area contributed by atoms with E-state index in [-0.39, 0.29) is 0 Å². The minimum Gasteiger partial charge on any atom is -0.480 e. The normalized spacial score (nSPS) is 9.67. The number of carboxylic acids is 1. The van der Waals surface area contributed by atoms with Gasteiger partial charge in [0.05, 0.1) is 11.6 Å². The van der Waals surface area contributed by atoms with Crippen LogP contribution in [0.5, 0.6) is 0 Å². The molecule has 0 aliphatic carbocycles. The number of rotatable bonds is 4. The molecule has 0 heterocycles. The van der Waals surface area contributed by atoms with E-state index in [4.69, 9.17) is 10.4 Å². The van der Waals surface area contributed by atoms with Crippen LogP contribution in [0.3, 0.4) is 0 Å². The number of hydrogen-bond acceptors (Lipinski definition) is 3. The Morgan fingerprint density at radius 1 is 1.05 bits per heavy atom. The molecule has 0 aliphatic heterocycles. The van der Waals surface area contributed by atoms with E-state index in [9.17, 15) is 9.59 Å². The van der Waals surface area contributed by atoms with Crippen molar-refractivity contribution in [2.24, 2.45) is 0 Å². The summed E-state index contributed by atoms with van der Waals surface area (Å²) in [4.78, 5) is 24.6. The maximum Gasteiger partial charge on any atom is 0.323 e. The second-order valence-corrected chi connectivity index (χ2v) is 4.31. The molecule has 0 atom stereocenters. The molecule has 0 fully saturated rings. The fourth-order valence-electron chi connectivity index (χ4n) is 1.87. The molecule has 2 aromatic carbocycles. The van der Waals surface area contributed by atoms with Crippen molar-refractivity contribution in [3.05, 3.63) is 65.7 Å².